The third kappa shape index (κ3) is 2.52. The molecule has 3 aromatic carbocycles. The maximum Gasteiger partial charge on any atom is 0.333 e. The molecule has 0 fully saturated rings. The summed E-state index contributed by atoms with van der Waals surface area (Å²) in [6.45, 7) is 0. The minimum absolute atomic E-state index is 0.294. The second-order valence-electron chi connectivity index (χ2n) is 6.29. The maximum absolute atomic E-state index is 13.2. The first-order valence-electron chi connectivity index (χ1n) is 8.55. The smallest absolute Gasteiger partial charge is 0.306 e. The van der Waals surface area contributed by atoms with Crippen LogP contribution in [0.25, 0.3) is 37.1 Å². The zero-order valence-electron chi connectivity index (χ0n) is 14.2. The molecule has 0 saturated heterocycles. The van der Waals surface area contributed by atoms with Crippen LogP contribution in [0.2, 0.25) is 0 Å². The maximum atomic E-state index is 13.2. The quantitative estimate of drug-likeness (QED) is 0.495. The van der Waals surface area contributed by atoms with Crippen LogP contribution in [0.3, 0.4) is 0 Å². The van der Waals surface area contributed by atoms with Gasteiger partial charge in [-0.2, -0.15) is 0 Å². The van der Waals surface area contributed by atoms with Crippen LogP contribution < -0.4 is 11.2 Å². The molecular formula is C22H14N2O2S. The monoisotopic (exact) mass is 370 g/mol. The zero-order chi connectivity index (χ0) is 18.4. The van der Waals surface area contributed by atoms with Gasteiger partial charge in [-0.05, 0) is 23.1 Å². The number of nitrogens with one attached hydrogen (secondary N) is 1. The van der Waals surface area contributed by atoms with Crippen molar-refractivity contribution < 1.29 is 0 Å². The molecule has 1 N–H and O–H groups in total. The lowest BCUT2D eigenvalue weighted by molar-refractivity contribution is 0.911. The van der Waals surface area contributed by atoms with Gasteiger partial charge in [0.1, 0.15) is 4.70 Å². The van der Waals surface area contributed by atoms with Gasteiger partial charge >= 0.3 is 5.69 Å². The van der Waals surface area contributed by atoms with Gasteiger partial charge in [0.2, 0.25) is 0 Å². The second-order valence-corrected chi connectivity index (χ2v) is 7.34. The fourth-order valence-electron chi connectivity index (χ4n) is 3.37. The summed E-state index contributed by atoms with van der Waals surface area (Å²) >= 11 is 1.40. The Morgan fingerprint density at radius 3 is 2.41 bits per heavy atom. The number of nitrogens with zero attached hydrogens (tertiary/aromatic N) is 1. The molecule has 0 aliphatic rings. The van der Waals surface area contributed by atoms with E-state index < -0.39 is 5.69 Å². The first-order valence-corrected chi connectivity index (χ1v) is 9.36. The summed E-state index contributed by atoms with van der Waals surface area (Å²) in [6.07, 6.45) is 0. The molecule has 0 atom stereocenters. The fourth-order valence-corrected chi connectivity index (χ4v) is 4.42. The summed E-state index contributed by atoms with van der Waals surface area (Å²) in [5.41, 5.74) is 1.47. The van der Waals surface area contributed by atoms with Crippen molar-refractivity contribution in [1.82, 2.24) is 9.55 Å². The molecule has 130 valence electrons. The van der Waals surface area contributed by atoms with Crippen molar-refractivity contribution in [3.8, 4) is 16.1 Å². The Morgan fingerprint density at radius 1 is 0.815 bits per heavy atom. The lowest BCUT2D eigenvalue weighted by atomic mass is 10.1. The Bertz CT molecular complexity index is 1410. The van der Waals surface area contributed by atoms with Gasteiger partial charge in [-0.1, -0.05) is 66.7 Å². The normalized spacial score (nSPS) is 11.3. The average molecular weight is 370 g/mol. The summed E-state index contributed by atoms with van der Waals surface area (Å²) in [7, 11) is 0. The van der Waals surface area contributed by atoms with E-state index >= 15 is 0 Å². The van der Waals surface area contributed by atoms with Crippen molar-refractivity contribution >= 4 is 32.3 Å². The molecule has 5 heteroatoms. The number of hydrogen-bond acceptors (Lipinski definition) is 3. The minimum Gasteiger partial charge on any atom is -0.306 e. The molecule has 0 radical (unpaired) electrons. The van der Waals surface area contributed by atoms with Gasteiger partial charge in [0, 0.05) is 10.3 Å². The first kappa shape index (κ1) is 15.8. The first-order chi connectivity index (χ1) is 13.2. The van der Waals surface area contributed by atoms with E-state index in [1.165, 1.54) is 15.9 Å². The number of fused-ring (bicyclic) bond motifs is 2. The van der Waals surface area contributed by atoms with Crippen LogP contribution >= 0.6 is 11.3 Å². The van der Waals surface area contributed by atoms with Gasteiger partial charge in [-0.3, -0.25) is 4.79 Å². The Labute approximate surface area is 158 Å². The van der Waals surface area contributed by atoms with Crippen LogP contribution in [-0.2, 0) is 0 Å². The number of benzene rings is 3. The van der Waals surface area contributed by atoms with Crippen molar-refractivity contribution in [2.45, 2.75) is 0 Å². The minimum atomic E-state index is -0.429. The van der Waals surface area contributed by atoms with Gasteiger partial charge in [0.25, 0.3) is 5.56 Å². The van der Waals surface area contributed by atoms with Crippen LogP contribution in [0.5, 0.6) is 0 Å². The van der Waals surface area contributed by atoms with Gasteiger partial charge in [-0.25, -0.2) is 9.36 Å². The molecule has 4 nitrogen and oxygen atoms in total. The molecule has 2 heterocycles. The van der Waals surface area contributed by atoms with Crippen LogP contribution in [-0.4, -0.2) is 9.55 Å². The van der Waals surface area contributed by atoms with E-state index in [2.05, 4.69) is 4.98 Å². The Balaban J connectivity index is 1.81. The number of thiophene rings is 1. The lowest BCUT2D eigenvalue weighted by Crippen LogP contribution is -2.33. The van der Waals surface area contributed by atoms with Crippen LogP contribution in [0.1, 0.15) is 0 Å². The average Bonchev–Trinajstić information content (AvgIpc) is 3.13. The Hall–Kier alpha value is -3.44. The van der Waals surface area contributed by atoms with E-state index in [0.717, 1.165) is 21.2 Å². The van der Waals surface area contributed by atoms with Crippen molar-refractivity contribution in [1.29, 1.82) is 0 Å². The van der Waals surface area contributed by atoms with E-state index in [1.54, 1.807) is 6.07 Å². The highest BCUT2D eigenvalue weighted by atomic mass is 32.1. The number of rotatable bonds is 2. The standard InChI is InChI=1S/C22H14N2O2S/c25-21-20-17(13-19(27-20)15-8-2-1-3-9-15)23-22(26)24(21)18-12-6-10-14-7-4-5-11-16(14)18/h1-13H,(H,23,26). The Morgan fingerprint density at radius 2 is 1.56 bits per heavy atom. The molecule has 27 heavy (non-hydrogen) atoms. The molecule has 0 aliphatic carbocycles. The number of aromatic amines is 1. The highest BCUT2D eigenvalue weighted by Gasteiger charge is 2.15. The fraction of sp³-hybridized carbons (Fsp3) is 0. The van der Waals surface area contributed by atoms with Crippen molar-refractivity contribution in [2.24, 2.45) is 0 Å². The van der Waals surface area contributed by atoms with Gasteiger partial charge in [0.15, 0.2) is 0 Å². The van der Waals surface area contributed by atoms with Gasteiger partial charge in [0.05, 0.1) is 11.2 Å². The summed E-state index contributed by atoms with van der Waals surface area (Å²) < 4.78 is 1.78. The molecule has 5 aromatic rings. The molecule has 0 unspecified atom stereocenters. The highest BCUT2D eigenvalue weighted by molar-refractivity contribution is 7.22. The van der Waals surface area contributed by atoms with E-state index in [1.807, 2.05) is 72.8 Å². The van der Waals surface area contributed by atoms with E-state index in [0.29, 0.717) is 15.9 Å². The highest BCUT2D eigenvalue weighted by Crippen LogP contribution is 2.30. The molecule has 5 rings (SSSR count). The summed E-state index contributed by atoms with van der Waals surface area (Å²) in [5.74, 6) is 0. The van der Waals surface area contributed by atoms with Gasteiger partial charge < -0.3 is 4.98 Å². The number of H-pyrrole nitrogens is 1. The van der Waals surface area contributed by atoms with E-state index in [-0.39, 0.29) is 5.56 Å². The predicted molar refractivity (Wildman–Crippen MR) is 111 cm³/mol. The molecule has 0 spiro atoms. The molecule has 0 saturated carbocycles. The second kappa shape index (κ2) is 6.07. The number of aromatic nitrogens is 2. The molecule has 0 amide bonds. The van der Waals surface area contributed by atoms with Crippen molar-refractivity contribution in [3.05, 3.63) is 99.7 Å². The van der Waals surface area contributed by atoms with Crippen molar-refractivity contribution in [2.75, 3.05) is 0 Å². The topological polar surface area (TPSA) is 54.9 Å². The molecule has 2 aromatic heterocycles. The van der Waals surface area contributed by atoms with Crippen LogP contribution in [0.15, 0.2) is 88.5 Å². The summed E-state index contributed by atoms with van der Waals surface area (Å²) in [6, 6.07) is 25.1. The summed E-state index contributed by atoms with van der Waals surface area (Å²) in [5, 5.41) is 1.85. The summed E-state index contributed by atoms with van der Waals surface area (Å²) in [4.78, 5) is 29.8. The van der Waals surface area contributed by atoms with E-state index in [4.69, 9.17) is 0 Å². The van der Waals surface area contributed by atoms with Crippen molar-refractivity contribution in [3.63, 3.8) is 0 Å². The third-order valence-corrected chi connectivity index (χ3v) is 5.81. The molecule has 0 bridgehead atoms. The zero-order valence-corrected chi connectivity index (χ0v) is 15.0. The van der Waals surface area contributed by atoms with E-state index in [9.17, 15) is 9.59 Å². The SMILES string of the molecule is O=c1[nH]c2cc(-c3ccccc3)sc2c(=O)n1-c1cccc2ccccc12. The largest absolute Gasteiger partial charge is 0.333 e. The van der Waals surface area contributed by atoms with Gasteiger partial charge in [-0.15, -0.1) is 11.3 Å². The Kier molecular flexibility index (Phi) is 3.55. The molecule has 0 aliphatic heterocycles. The molecular weight excluding hydrogens is 356 g/mol. The predicted octanol–water partition coefficient (Wildman–Crippen LogP) is 4.56. The number of hydrogen-bond donors (Lipinski definition) is 1. The van der Waals surface area contributed by atoms with Crippen LogP contribution in [0.4, 0.5) is 0 Å². The lowest BCUT2D eigenvalue weighted by Gasteiger charge is -2.08. The third-order valence-electron chi connectivity index (χ3n) is 4.64. The van der Waals surface area contributed by atoms with Crippen LogP contribution in [0, 0.1) is 0 Å².